The van der Waals surface area contributed by atoms with Gasteiger partial charge in [-0.15, -0.1) is 13.2 Å². The van der Waals surface area contributed by atoms with Gasteiger partial charge < -0.3 is 24.4 Å². The van der Waals surface area contributed by atoms with Crippen molar-refractivity contribution >= 4 is 17.8 Å². The Kier molecular flexibility index (Phi) is 8.64. The monoisotopic (exact) mass is 518 g/mol. The molecule has 37 heavy (non-hydrogen) atoms. The van der Waals surface area contributed by atoms with E-state index in [4.69, 9.17) is 9.47 Å². The minimum Gasteiger partial charge on any atom is -0.465 e. The largest absolute Gasteiger partial charge is 0.465 e. The van der Waals surface area contributed by atoms with Crippen molar-refractivity contribution in [2.45, 2.75) is 102 Å². The standard InChI is InChI=1S/C29H46N2O6/c1-9-12-16-36-26(35)22-21-24(33)31(20(18-32)17-19(4)5)23(25(34)30(15-10-2)27(6,7)8)29(21)14-13-28(22,11-3)37-29/h9-10,19-23,32H,1-2,11-18H2,3-8H3/t20-,21+,22-,23?,28+,29?/m1/s1. The Morgan fingerprint density at radius 2 is 1.95 bits per heavy atom. The lowest BCUT2D eigenvalue weighted by atomic mass is 9.65. The molecule has 8 nitrogen and oxygen atoms in total. The topological polar surface area (TPSA) is 96.4 Å². The van der Waals surface area contributed by atoms with E-state index in [0.717, 1.165) is 0 Å². The average molecular weight is 519 g/mol. The number of fused-ring (bicyclic) bond motifs is 1. The van der Waals surface area contributed by atoms with Gasteiger partial charge >= 0.3 is 5.97 Å². The molecule has 208 valence electrons. The summed E-state index contributed by atoms with van der Waals surface area (Å²) in [6.45, 7) is 19.6. The van der Waals surface area contributed by atoms with Crippen molar-refractivity contribution in [1.29, 1.82) is 0 Å². The molecule has 0 aromatic heterocycles. The van der Waals surface area contributed by atoms with Gasteiger partial charge in [-0.3, -0.25) is 14.4 Å². The number of amides is 2. The van der Waals surface area contributed by atoms with Crippen LogP contribution in [0.3, 0.4) is 0 Å². The Labute approximate surface area is 222 Å². The molecule has 0 aliphatic carbocycles. The SMILES string of the molecule is C=CCCOC(=O)[C@H]1[C@H]2C(=O)N([C@@H](CO)CC(C)C)C(C(=O)N(CC=C)C(C)(C)C)C23CC[C@]1(CC)O3. The van der Waals surface area contributed by atoms with Gasteiger partial charge in [-0.2, -0.15) is 0 Å². The van der Waals surface area contributed by atoms with E-state index in [2.05, 4.69) is 13.2 Å². The molecule has 2 amide bonds. The van der Waals surface area contributed by atoms with E-state index in [1.807, 2.05) is 41.5 Å². The fourth-order valence-corrected chi connectivity index (χ4v) is 6.81. The van der Waals surface area contributed by atoms with E-state index in [-0.39, 0.29) is 30.9 Å². The first-order chi connectivity index (χ1) is 17.3. The third-order valence-corrected chi connectivity index (χ3v) is 8.41. The third-order valence-electron chi connectivity index (χ3n) is 8.41. The number of aliphatic hydroxyl groups excluding tert-OH is 1. The molecule has 1 N–H and O–H groups in total. The van der Waals surface area contributed by atoms with E-state index in [1.54, 1.807) is 22.0 Å². The van der Waals surface area contributed by atoms with Crippen molar-refractivity contribution < 1.29 is 29.0 Å². The second-order valence-corrected chi connectivity index (χ2v) is 12.2. The molecule has 3 aliphatic heterocycles. The third kappa shape index (κ3) is 4.87. The normalized spacial score (nSPS) is 31.4. The molecule has 3 aliphatic rings. The summed E-state index contributed by atoms with van der Waals surface area (Å²) in [7, 11) is 0. The highest BCUT2D eigenvalue weighted by molar-refractivity contribution is 5.99. The van der Waals surface area contributed by atoms with E-state index in [9.17, 15) is 19.5 Å². The van der Waals surface area contributed by atoms with Gasteiger partial charge in [0.2, 0.25) is 11.8 Å². The zero-order chi connectivity index (χ0) is 27.8. The first-order valence-corrected chi connectivity index (χ1v) is 13.7. The number of esters is 1. The van der Waals surface area contributed by atoms with Crippen LogP contribution in [0, 0.1) is 17.8 Å². The zero-order valence-electron chi connectivity index (χ0n) is 23.5. The van der Waals surface area contributed by atoms with E-state index < -0.39 is 46.6 Å². The predicted molar refractivity (Wildman–Crippen MR) is 141 cm³/mol. The van der Waals surface area contributed by atoms with Crippen LogP contribution in [0.25, 0.3) is 0 Å². The molecule has 3 rings (SSSR count). The Bertz CT molecular complexity index is 911. The summed E-state index contributed by atoms with van der Waals surface area (Å²) in [5.74, 6) is -2.45. The number of hydrogen-bond acceptors (Lipinski definition) is 6. The van der Waals surface area contributed by atoms with Crippen molar-refractivity contribution in [3.8, 4) is 0 Å². The maximum atomic E-state index is 14.4. The highest BCUT2D eigenvalue weighted by Crippen LogP contribution is 2.65. The van der Waals surface area contributed by atoms with Crippen LogP contribution in [0.1, 0.15) is 73.6 Å². The van der Waals surface area contributed by atoms with Crippen LogP contribution in [-0.4, -0.2) is 81.3 Å². The Balaban J connectivity index is 2.16. The molecule has 2 unspecified atom stereocenters. The molecule has 2 bridgehead atoms. The Morgan fingerprint density at radius 1 is 1.27 bits per heavy atom. The smallest absolute Gasteiger partial charge is 0.312 e. The van der Waals surface area contributed by atoms with E-state index >= 15 is 0 Å². The van der Waals surface area contributed by atoms with Crippen LogP contribution in [0.4, 0.5) is 0 Å². The molecule has 6 atom stereocenters. The summed E-state index contributed by atoms with van der Waals surface area (Å²) in [5, 5.41) is 10.4. The van der Waals surface area contributed by atoms with Crippen LogP contribution < -0.4 is 0 Å². The maximum Gasteiger partial charge on any atom is 0.312 e. The van der Waals surface area contributed by atoms with Crippen molar-refractivity contribution in [2.24, 2.45) is 17.8 Å². The molecular weight excluding hydrogens is 472 g/mol. The van der Waals surface area contributed by atoms with Crippen LogP contribution in [0.15, 0.2) is 25.3 Å². The van der Waals surface area contributed by atoms with Crippen molar-refractivity contribution in [2.75, 3.05) is 19.8 Å². The van der Waals surface area contributed by atoms with Crippen LogP contribution >= 0.6 is 0 Å². The summed E-state index contributed by atoms with van der Waals surface area (Å²) < 4.78 is 12.4. The summed E-state index contributed by atoms with van der Waals surface area (Å²) >= 11 is 0. The molecule has 3 heterocycles. The number of carbonyl (C=O) groups excluding carboxylic acids is 3. The number of likely N-dealkylation sites (tertiary alicyclic amines) is 1. The lowest BCUT2D eigenvalue weighted by molar-refractivity contribution is -0.164. The van der Waals surface area contributed by atoms with E-state index in [1.165, 1.54) is 0 Å². The van der Waals surface area contributed by atoms with Crippen LogP contribution in [-0.2, 0) is 23.9 Å². The molecule has 3 saturated heterocycles. The van der Waals surface area contributed by atoms with Crippen molar-refractivity contribution in [3.05, 3.63) is 25.3 Å². The van der Waals surface area contributed by atoms with Gasteiger partial charge in [0.1, 0.15) is 17.6 Å². The van der Waals surface area contributed by atoms with Gasteiger partial charge in [0.15, 0.2) is 0 Å². The molecule has 8 heteroatoms. The molecular formula is C29H46N2O6. The summed E-state index contributed by atoms with van der Waals surface area (Å²) in [4.78, 5) is 45.5. The number of aliphatic hydroxyl groups is 1. The quantitative estimate of drug-likeness (QED) is 0.241. The predicted octanol–water partition coefficient (Wildman–Crippen LogP) is 3.48. The maximum absolute atomic E-state index is 14.4. The van der Waals surface area contributed by atoms with Gasteiger partial charge in [-0.05, 0) is 58.8 Å². The second kappa shape index (κ2) is 10.9. The zero-order valence-corrected chi connectivity index (χ0v) is 23.5. The number of nitrogens with zero attached hydrogens (tertiary/aromatic N) is 2. The first kappa shape index (κ1) is 29.4. The van der Waals surface area contributed by atoms with Gasteiger partial charge in [-0.25, -0.2) is 0 Å². The first-order valence-electron chi connectivity index (χ1n) is 13.7. The van der Waals surface area contributed by atoms with Crippen LogP contribution in [0.5, 0.6) is 0 Å². The molecule has 3 fully saturated rings. The van der Waals surface area contributed by atoms with Gasteiger partial charge in [0, 0.05) is 12.1 Å². The molecule has 0 saturated carbocycles. The highest BCUT2D eigenvalue weighted by Gasteiger charge is 2.79. The number of ether oxygens (including phenoxy) is 2. The summed E-state index contributed by atoms with van der Waals surface area (Å²) in [6.07, 6.45) is 5.99. The fraction of sp³-hybridized carbons (Fsp3) is 0.759. The molecule has 0 aromatic rings. The average Bonchev–Trinajstić information content (AvgIpc) is 3.43. The van der Waals surface area contributed by atoms with Crippen molar-refractivity contribution in [3.63, 3.8) is 0 Å². The Morgan fingerprint density at radius 3 is 2.46 bits per heavy atom. The fourth-order valence-electron chi connectivity index (χ4n) is 6.81. The van der Waals surface area contributed by atoms with Gasteiger partial charge in [-0.1, -0.05) is 32.9 Å². The molecule has 0 aromatic carbocycles. The summed E-state index contributed by atoms with van der Waals surface area (Å²) in [5.41, 5.74) is -2.54. The minimum atomic E-state index is -1.15. The lowest BCUT2D eigenvalue weighted by Gasteiger charge is -2.43. The van der Waals surface area contributed by atoms with Crippen molar-refractivity contribution in [1.82, 2.24) is 9.80 Å². The number of rotatable bonds is 12. The highest BCUT2D eigenvalue weighted by atomic mass is 16.6. The molecule has 0 radical (unpaired) electrons. The number of hydrogen-bond donors (Lipinski definition) is 1. The van der Waals surface area contributed by atoms with E-state index in [0.29, 0.717) is 38.6 Å². The summed E-state index contributed by atoms with van der Waals surface area (Å²) in [6, 6.07) is -1.51. The second-order valence-electron chi connectivity index (χ2n) is 12.2. The molecule has 1 spiro atoms. The van der Waals surface area contributed by atoms with Gasteiger partial charge in [0.05, 0.1) is 30.8 Å². The lowest BCUT2D eigenvalue weighted by Crippen LogP contribution is -2.61. The van der Waals surface area contributed by atoms with Crippen LogP contribution in [0.2, 0.25) is 0 Å². The Hall–Kier alpha value is -2.19. The van der Waals surface area contributed by atoms with Gasteiger partial charge in [0.25, 0.3) is 0 Å². The minimum absolute atomic E-state index is 0.183. The number of carbonyl (C=O) groups is 3.